The van der Waals surface area contributed by atoms with Gasteiger partial charge in [-0.1, -0.05) is 0 Å². The average Bonchev–Trinajstić information content (AvgIpc) is 3.03. The van der Waals surface area contributed by atoms with Gasteiger partial charge in [0.15, 0.2) is 0 Å². The van der Waals surface area contributed by atoms with Crippen molar-refractivity contribution >= 4 is 11.8 Å². The summed E-state index contributed by atoms with van der Waals surface area (Å²) in [6.07, 6.45) is 6.20. The summed E-state index contributed by atoms with van der Waals surface area (Å²) in [5, 5.41) is 9.31. The Morgan fingerprint density at radius 3 is 2.39 bits per heavy atom. The van der Waals surface area contributed by atoms with Crippen molar-refractivity contribution in [2.24, 2.45) is 11.7 Å². The van der Waals surface area contributed by atoms with Gasteiger partial charge in [0.2, 0.25) is 5.91 Å². The zero-order valence-corrected chi connectivity index (χ0v) is 16.1. The molecule has 1 aromatic rings. The second-order valence-electron chi connectivity index (χ2n) is 8.41. The fraction of sp³-hybridized carbons (Fsp3) is 0.619. The van der Waals surface area contributed by atoms with Crippen LogP contribution in [0.3, 0.4) is 0 Å². The molecule has 3 N–H and O–H groups in total. The smallest absolute Gasteiger partial charge is 0.255 e. The summed E-state index contributed by atoms with van der Waals surface area (Å²) in [5.74, 6) is -1.05. The molecule has 1 saturated carbocycles. The Balaban J connectivity index is 1.40. The largest absolute Gasteiger partial charge is 0.396 e. The van der Waals surface area contributed by atoms with E-state index in [4.69, 9.17) is 5.73 Å². The van der Waals surface area contributed by atoms with Gasteiger partial charge in [-0.15, -0.1) is 0 Å². The number of aliphatic hydroxyl groups is 1. The third-order valence-corrected chi connectivity index (χ3v) is 6.80. The Bertz CT molecular complexity index is 768. The van der Waals surface area contributed by atoms with E-state index >= 15 is 0 Å². The number of halogens is 1. The number of rotatable bonds is 4. The van der Waals surface area contributed by atoms with E-state index in [2.05, 4.69) is 4.90 Å². The van der Waals surface area contributed by atoms with Crippen LogP contribution in [0.15, 0.2) is 12.1 Å². The zero-order valence-electron chi connectivity index (χ0n) is 16.1. The number of aliphatic hydroxyl groups excluding tert-OH is 1. The summed E-state index contributed by atoms with van der Waals surface area (Å²) in [6, 6.07) is 3.09. The molecule has 1 aliphatic carbocycles. The van der Waals surface area contributed by atoms with Crippen LogP contribution in [0.25, 0.3) is 0 Å². The van der Waals surface area contributed by atoms with Crippen molar-refractivity contribution in [1.29, 1.82) is 0 Å². The Kier molecular flexibility index (Phi) is 5.38. The predicted octanol–water partition coefficient (Wildman–Crippen LogP) is 1.90. The molecule has 6 nitrogen and oxygen atoms in total. The van der Waals surface area contributed by atoms with Gasteiger partial charge in [0.1, 0.15) is 5.82 Å². The standard InChI is InChI=1S/C21H28FN3O3/c22-15-9-14-11-25(21(28)19(14)18(10-15)20(23)27)17-5-7-24(8-6-17)16-3-1-13(12-26)2-4-16/h9-10,13,16-17,26H,1-8,11-12H2,(H2,23,27). The van der Waals surface area contributed by atoms with Gasteiger partial charge in [0.05, 0.1) is 11.1 Å². The molecular weight excluding hydrogens is 361 g/mol. The Labute approximate surface area is 164 Å². The predicted molar refractivity (Wildman–Crippen MR) is 102 cm³/mol. The summed E-state index contributed by atoms with van der Waals surface area (Å²) in [4.78, 5) is 28.9. The molecule has 0 aromatic heterocycles. The van der Waals surface area contributed by atoms with E-state index in [0.29, 0.717) is 30.7 Å². The minimum atomic E-state index is -0.765. The van der Waals surface area contributed by atoms with Gasteiger partial charge >= 0.3 is 0 Å². The van der Waals surface area contributed by atoms with E-state index in [0.717, 1.165) is 57.7 Å². The summed E-state index contributed by atoms with van der Waals surface area (Å²) in [5.41, 5.74) is 6.19. The normalized spacial score (nSPS) is 26.5. The van der Waals surface area contributed by atoms with E-state index in [1.165, 1.54) is 6.07 Å². The van der Waals surface area contributed by atoms with Crippen LogP contribution in [0.5, 0.6) is 0 Å². The van der Waals surface area contributed by atoms with E-state index in [1.54, 1.807) is 4.90 Å². The van der Waals surface area contributed by atoms with Crippen molar-refractivity contribution in [3.63, 3.8) is 0 Å². The van der Waals surface area contributed by atoms with E-state index in [-0.39, 0.29) is 23.1 Å². The highest BCUT2D eigenvalue weighted by Gasteiger charge is 2.38. The first-order chi connectivity index (χ1) is 13.5. The van der Waals surface area contributed by atoms with Crippen molar-refractivity contribution < 1.29 is 19.1 Å². The molecule has 1 aromatic carbocycles. The number of likely N-dealkylation sites (tertiary alicyclic amines) is 1. The summed E-state index contributed by atoms with van der Waals surface area (Å²) in [6.45, 7) is 2.52. The maximum Gasteiger partial charge on any atom is 0.255 e. The highest BCUT2D eigenvalue weighted by Crippen LogP contribution is 2.33. The first-order valence-electron chi connectivity index (χ1n) is 10.3. The second-order valence-corrected chi connectivity index (χ2v) is 8.41. The molecule has 2 aliphatic heterocycles. The fourth-order valence-corrected chi connectivity index (χ4v) is 5.18. The number of carbonyl (C=O) groups excluding carboxylic acids is 2. The van der Waals surface area contributed by atoms with Crippen molar-refractivity contribution in [3.05, 3.63) is 34.6 Å². The number of nitrogens with two attached hydrogens (primary N) is 1. The third kappa shape index (κ3) is 3.53. The van der Waals surface area contributed by atoms with Gasteiger partial charge in [-0.25, -0.2) is 4.39 Å². The minimum absolute atomic E-state index is 0.0134. The average molecular weight is 389 g/mol. The molecule has 28 heavy (non-hydrogen) atoms. The molecule has 2 fully saturated rings. The SMILES string of the molecule is NC(=O)c1cc(F)cc2c1C(=O)N(C1CCN(C3CCC(CO)CC3)CC1)C2. The number of nitrogens with zero attached hydrogens (tertiary/aromatic N) is 2. The number of amides is 2. The molecule has 152 valence electrons. The molecule has 2 heterocycles. The topological polar surface area (TPSA) is 86.9 Å². The van der Waals surface area contributed by atoms with Crippen LogP contribution in [0.4, 0.5) is 4.39 Å². The zero-order chi connectivity index (χ0) is 19.8. The summed E-state index contributed by atoms with van der Waals surface area (Å²) >= 11 is 0. The minimum Gasteiger partial charge on any atom is -0.396 e. The Morgan fingerprint density at radius 2 is 1.79 bits per heavy atom. The number of benzene rings is 1. The second kappa shape index (κ2) is 7.79. The molecule has 0 radical (unpaired) electrons. The lowest BCUT2D eigenvalue weighted by Crippen LogP contribution is -2.49. The molecular formula is C21H28FN3O3. The van der Waals surface area contributed by atoms with Gasteiger partial charge in [-0.05, 0) is 62.1 Å². The molecule has 1 saturated heterocycles. The van der Waals surface area contributed by atoms with Crippen molar-refractivity contribution in [3.8, 4) is 0 Å². The molecule has 0 spiro atoms. The lowest BCUT2D eigenvalue weighted by atomic mass is 9.85. The summed E-state index contributed by atoms with van der Waals surface area (Å²) in [7, 11) is 0. The number of hydrogen-bond acceptors (Lipinski definition) is 4. The molecule has 4 rings (SSSR count). The first kappa shape index (κ1) is 19.3. The highest BCUT2D eigenvalue weighted by molar-refractivity contribution is 6.09. The van der Waals surface area contributed by atoms with Gasteiger partial charge in [0.25, 0.3) is 5.91 Å². The number of fused-ring (bicyclic) bond motifs is 1. The van der Waals surface area contributed by atoms with Crippen LogP contribution in [0.2, 0.25) is 0 Å². The Morgan fingerprint density at radius 1 is 1.11 bits per heavy atom. The van der Waals surface area contributed by atoms with Gasteiger partial charge in [-0.3, -0.25) is 9.59 Å². The molecule has 7 heteroatoms. The number of carbonyl (C=O) groups is 2. The molecule has 0 atom stereocenters. The monoisotopic (exact) mass is 389 g/mol. The van der Waals surface area contributed by atoms with Crippen LogP contribution in [-0.4, -0.2) is 58.5 Å². The quantitative estimate of drug-likeness (QED) is 0.823. The third-order valence-electron chi connectivity index (χ3n) is 6.80. The van der Waals surface area contributed by atoms with Crippen molar-refractivity contribution in [2.45, 2.75) is 57.2 Å². The van der Waals surface area contributed by atoms with Crippen molar-refractivity contribution in [2.75, 3.05) is 19.7 Å². The maximum absolute atomic E-state index is 13.8. The first-order valence-corrected chi connectivity index (χ1v) is 10.3. The van der Waals surface area contributed by atoms with Gasteiger partial charge in [0, 0.05) is 38.3 Å². The summed E-state index contributed by atoms with van der Waals surface area (Å²) < 4.78 is 13.8. The van der Waals surface area contributed by atoms with Crippen LogP contribution >= 0.6 is 0 Å². The molecule has 3 aliphatic rings. The molecule has 0 bridgehead atoms. The van der Waals surface area contributed by atoms with E-state index in [1.807, 2.05) is 0 Å². The number of hydrogen-bond donors (Lipinski definition) is 2. The number of primary amides is 1. The van der Waals surface area contributed by atoms with Crippen LogP contribution in [0, 0.1) is 11.7 Å². The fourth-order valence-electron chi connectivity index (χ4n) is 5.18. The lowest BCUT2D eigenvalue weighted by molar-refractivity contribution is 0.0458. The highest BCUT2D eigenvalue weighted by atomic mass is 19.1. The van der Waals surface area contributed by atoms with Crippen molar-refractivity contribution in [1.82, 2.24) is 9.80 Å². The van der Waals surface area contributed by atoms with Crippen LogP contribution in [0.1, 0.15) is 64.8 Å². The van der Waals surface area contributed by atoms with Gasteiger partial charge in [-0.2, -0.15) is 0 Å². The lowest BCUT2D eigenvalue weighted by Gasteiger charge is -2.42. The van der Waals surface area contributed by atoms with E-state index in [9.17, 15) is 19.1 Å². The van der Waals surface area contributed by atoms with E-state index < -0.39 is 11.7 Å². The maximum atomic E-state index is 13.8. The van der Waals surface area contributed by atoms with Gasteiger partial charge < -0.3 is 20.6 Å². The Hall–Kier alpha value is -1.99. The molecule has 2 amide bonds. The molecule has 0 unspecified atom stereocenters. The number of piperidine rings is 1. The van der Waals surface area contributed by atoms with Crippen LogP contribution < -0.4 is 5.73 Å². The van der Waals surface area contributed by atoms with Crippen LogP contribution in [-0.2, 0) is 6.54 Å².